The van der Waals surface area contributed by atoms with Crippen molar-refractivity contribution in [2.75, 3.05) is 27.7 Å². The van der Waals surface area contributed by atoms with Crippen molar-refractivity contribution in [2.45, 2.75) is 13.0 Å². The molecule has 0 aliphatic heterocycles. The zero-order chi connectivity index (χ0) is 14.4. The minimum Gasteiger partial charge on any atom is -0.481 e. The number of carbonyl (C=O) groups excluding carboxylic acids is 1. The zero-order valence-corrected chi connectivity index (χ0v) is 11.6. The lowest BCUT2D eigenvalue weighted by molar-refractivity contribution is -0.136. The molecule has 1 aromatic rings. The molecule has 0 bridgehead atoms. The van der Waals surface area contributed by atoms with Gasteiger partial charge >= 0.3 is 5.97 Å². The summed E-state index contributed by atoms with van der Waals surface area (Å²) in [5, 5.41) is 8.68. The maximum absolute atomic E-state index is 11.5. The molecule has 0 spiro atoms. The van der Waals surface area contributed by atoms with E-state index < -0.39 is 5.97 Å². The molecule has 0 aliphatic rings. The van der Waals surface area contributed by atoms with E-state index in [1.165, 1.54) is 0 Å². The Labute approximate surface area is 113 Å². The molecule has 0 aromatic heterocycles. The summed E-state index contributed by atoms with van der Waals surface area (Å²) in [6, 6.07) is 7.42. The lowest BCUT2D eigenvalue weighted by atomic mass is 10.1. The molecule has 1 rings (SSSR count). The minimum absolute atomic E-state index is 0.0369. The molecule has 0 fully saturated rings. The number of carboxylic acid groups (broad SMARTS) is 1. The fraction of sp³-hybridized carbons (Fsp3) is 0.429. The molecule has 1 N–H and O–H groups in total. The molecular formula is C14H20N2O3. The number of likely N-dealkylation sites (N-methyl/N-ethyl adjacent to an activating group) is 2. The number of rotatable bonds is 6. The first-order chi connectivity index (χ1) is 8.88. The predicted molar refractivity (Wildman–Crippen MR) is 72.8 cm³/mol. The SMILES string of the molecule is CN(CC(=O)N(C)C)Cc1ccc(CC(=O)O)cc1. The van der Waals surface area contributed by atoms with Crippen LogP contribution in [0.4, 0.5) is 0 Å². The van der Waals surface area contributed by atoms with Gasteiger partial charge in [0.1, 0.15) is 0 Å². The third-order valence-corrected chi connectivity index (χ3v) is 2.73. The molecule has 0 radical (unpaired) electrons. The summed E-state index contributed by atoms with van der Waals surface area (Å²) < 4.78 is 0. The number of carbonyl (C=O) groups is 2. The van der Waals surface area contributed by atoms with Crippen LogP contribution in [-0.4, -0.2) is 54.5 Å². The van der Waals surface area contributed by atoms with Gasteiger partial charge in [-0.15, -0.1) is 0 Å². The van der Waals surface area contributed by atoms with E-state index in [2.05, 4.69) is 0 Å². The predicted octanol–water partition coefficient (Wildman–Crippen LogP) is 0.834. The molecule has 5 heteroatoms. The molecule has 0 heterocycles. The van der Waals surface area contributed by atoms with Gasteiger partial charge in [0.15, 0.2) is 0 Å². The van der Waals surface area contributed by atoms with Crippen molar-refractivity contribution in [1.82, 2.24) is 9.80 Å². The van der Waals surface area contributed by atoms with Crippen LogP contribution in [0.25, 0.3) is 0 Å². The van der Waals surface area contributed by atoms with Crippen molar-refractivity contribution in [2.24, 2.45) is 0 Å². The van der Waals surface area contributed by atoms with Gasteiger partial charge in [-0.3, -0.25) is 14.5 Å². The fourth-order valence-electron chi connectivity index (χ4n) is 1.68. The Morgan fingerprint density at radius 1 is 1.05 bits per heavy atom. The third kappa shape index (κ3) is 5.52. The van der Waals surface area contributed by atoms with Crippen LogP contribution in [0.1, 0.15) is 11.1 Å². The maximum atomic E-state index is 11.5. The van der Waals surface area contributed by atoms with Gasteiger partial charge in [0.2, 0.25) is 5.91 Å². The Balaban J connectivity index is 2.53. The molecule has 1 amide bonds. The summed E-state index contributed by atoms with van der Waals surface area (Å²) in [6.07, 6.45) is 0.0369. The van der Waals surface area contributed by atoms with Crippen LogP contribution in [-0.2, 0) is 22.6 Å². The average molecular weight is 264 g/mol. The quantitative estimate of drug-likeness (QED) is 0.827. The Bertz CT molecular complexity index is 441. The number of hydrogen-bond donors (Lipinski definition) is 1. The molecule has 0 saturated carbocycles. The highest BCUT2D eigenvalue weighted by Crippen LogP contribution is 2.07. The van der Waals surface area contributed by atoms with Crippen LogP contribution in [0.5, 0.6) is 0 Å². The molecule has 0 aliphatic carbocycles. The van der Waals surface area contributed by atoms with Crippen LogP contribution in [0.2, 0.25) is 0 Å². The summed E-state index contributed by atoms with van der Waals surface area (Å²) >= 11 is 0. The van der Waals surface area contributed by atoms with Gasteiger partial charge in [-0.05, 0) is 18.2 Å². The number of amides is 1. The maximum Gasteiger partial charge on any atom is 0.307 e. The van der Waals surface area contributed by atoms with E-state index in [1.54, 1.807) is 19.0 Å². The second kappa shape index (κ2) is 6.89. The van der Waals surface area contributed by atoms with Crippen molar-refractivity contribution in [1.29, 1.82) is 0 Å². The second-order valence-corrected chi connectivity index (χ2v) is 4.85. The van der Waals surface area contributed by atoms with Gasteiger partial charge in [0.05, 0.1) is 13.0 Å². The molecular weight excluding hydrogens is 244 g/mol. The first-order valence-corrected chi connectivity index (χ1v) is 6.07. The minimum atomic E-state index is -0.832. The van der Waals surface area contributed by atoms with Gasteiger partial charge in [-0.2, -0.15) is 0 Å². The first kappa shape index (κ1) is 15.2. The standard InChI is InChI=1S/C14H20N2O3/c1-15(2)13(17)10-16(3)9-12-6-4-11(5-7-12)8-14(18)19/h4-7H,8-10H2,1-3H3,(H,18,19). The van der Waals surface area contributed by atoms with Gasteiger partial charge in [0, 0.05) is 20.6 Å². The highest BCUT2D eigenvalue weighted by Gasteiger charge is 2.09. The van der Waals surface area contributed by atoms with E-state index in [0.717, 1.165) is 11.1 Å². The van der Waals surface area contributed by atoms with Crippen LogP contribution < -0.4 is 0 Å². The number of benzene rings is 1. The van der Waals surface area contributed by atoms with Crippen LogP contribution in [0.15, 0.2) is 24.3 Å². The number of aliphatic carboxylic acids is 1. The van der Waals surface area contributed by atoms with Gasteiger partial charge in [-0.1, -0.05) is 24.3 Å². The summed E-state index contributed by atoms with van der Waals surface area (Å²) in [5.41, 5.74) is 1.84. The van der Waals surface area contributed by atoms with E-state index in [0.29, 0.717) is 13.1 Å². The Morgan fingerprint density at radius 3 is 2.05 bits per heavy atom. The average Bonchev–Trinajstić information content (AvgIpc) is 2.30. The van der Waals surface area contributed by atoms with Crippen LogP contribution in [0, 0.1) is 0 Å². The highest BCUT2D eigenvalue weighted by molar-refractivity contribution is 5.77. The Kier molecular flexibility index (Phi) is 5.51. The van der Waals surface area contributed by atoms with E-state index in [4.69, 9.17) is 5.11 Å². The van der Waals surface area contributed by atoms with E-state index in [9.17, 15) is 9.59 Å². The lowest BCUT2D eigenvalue weighted by Crippen LogP contribution is -2.34. The van der Waals surface area contributed by atoms with Crippen molar-refractivity contribution in [3.63, 3.8) is 0 Å². The normalized spacial score (nSPS) is 10.5. The molecule has 104 valence electrons. The highest BCUT2D eigenvalue weighted by atomic mass is 16.4. The largest absolute Gasteiger partial charge is 0.481 e. The van der Waals surface area contributed by atoms with Crippen LogP contribution in [0.3, 0.4) is 0 Å². The van der Waals surface area contributed by atoms with Crippen molar-refractivity contribution in [3.8, 4) is 0 Å². The van der Waals surface area contributed by atoms with Crippen molar-refractivity contribution < 1.29 is 14.7 Å². The van der Waals surface area contributed by atoms with Gasteiger partial charge < -0.3 is 10.0 Å². The molecule has 0 saturated heterocycles. The van der Waals surface area contributed by atoms with Crippen molar-refractivity contribution in [3.05, 3.63) is 35.4 Å². The number of carboxylic acids is 1. The van der Waals surface area contributed by atoms with E-state index >= 15 is 0 Å². The zero-order valence-electron chi connectivity index (χ0n) is 11.6. The third-order valence-electron chi connectivity index (χ3n) is 2.73. The molecule has 1 aromatic carbocycles. The molecule has 19 heavy (non-hydrogen) atoms. The van der Waals surface area contributed by atoms with Gasteiger partial charge in [0.25, 0.3) is 0 Å². The molecule has 5 nitrogen and oxygen atoms in total. The lowest BCUT2D eigenvalue weighted by Gasteiger charge is -2.19. The molecule has 0 unspecified atom stereocenters. The molecule has 0 atom stereocenters. The van der Waals surface area contributed by atoms with Crippen LogP contribution >= 0.6 is 0 Å². The Morgan fingerprint density at radius 2 is 1.58 bits per heavy atom. The van der Waals surface area contributed by atoms with E-state index in [-0.39, 0.29) is 12.3 Å². The smallest absolute Gasteiger partial charge is 0.307 e. The number of hydrogen-bond acceptors (Lipinski definition) is 3. The summed E-state index contributed by atoms with van der Waals surface area (Å²) in [4.78, 5) is 25.6. The van der Waals surface area contributed by atoms with Gasteiger partial charge in [-0.25, -0.2) is 0 Å². The van der Waals surface area contributed by atoms with E-state index in [1.807, 2.05) is 36.2 Å². The Hall–Kier alpha value is -1.88. The summed E-state index contributed by atoms with van der Waals surface area (Å²) in [6.45, 7) is 1.02. The fourth-order valence-corrected chi connectivity index (χ4v) is 1.68. The summed E-state index contributed by atoms with van der Waals surface area (Å²) in [5.74, 6) is -0.772. The topological polar surface area (TPSA) is 60.9 Å². The van der Waals surface area contributed by atoms with Crippen molar-refractivity contribution >= 4 is 11.9 Å². The first-order valence-electron chi connectivity index (χ1n) is 6.07. The second-order valence-electron chi connectivity index (χ2n) is 4.85. The summed E-state index contributed by atoms with van der Waals surface area (Å²) in [7, 11) is 5.35. The monoisotopic (exact) mass is 264 g/mol. The number of nitrogens with zero attached hydrogens (tertiary/aromatic N) is 2.